The Kier molecular flexibility index (Phi) is 26.6. The molecule has 0 rings (SSSR count). The lowest BCUT2D eigenvalue weighted by Crippen LogP contribution is -1.97. The Morgan fingerprint density at radius 2 is 0.650 bits per heavy atom. The lowest BCUT2D eigenvalue weighted by molar-refractivity contribution is 0.558. The normalized spacial score (nSPS) is 10.2. The zero-order chi connectivity index (χ0) is 15.3. The Bertz CT molecular complexity index is 123. The first kappa shape index (κ1) is 22.2. The molecule has 0 aromatic heterocycles. The SMILES string of the molecule is CCCCCCCCCCCCN.CCCCCCN. The molecule has 0 unspecified atom stereocenters. The fourth-order valence-electron chi connectivity index (χ4n) is 2.20. The molecular formula is C18H42N2. The van der Waals surface area contributed by atoms with Crippen LogP contribution in [0.3, 0.4) is 0 Å². The van der Waals surface area contributed by atoms with Crippen molar-refractivity contribution in [3.8, 4) is 0 Å². The largest absolute Gasteiger partial charge is 0.330 e. The van der Waals surface area contributed by atoms with Crippen LogP contribution in [0.25, 0.3) is 0 Å². The van der Waals surface area contributed by atoms with Crippen molar-refractivity contribution >= 4 is 0 Å². The summed E-state index contributed by atoms with van der Waals surface area (Å²) in [7, 11) is 0. The predicted molar refractivity (Wildman–Crippen MR) is 94.1 cm³/mol. The maximum atomic E-state index is 5.42. The van der Waals surface area contributed by atoms with E-state index in [4.69, 9.17) is 11.5 Å². The predicted octanol–water partition coefficient (Wildman–Crippen LogP) is 5.39. The fourth-order valence-corrected chi connectivity index (χ4v) is 2.20. The van der Waals surface area contributed by atoms with Crippen molar-refractivity contribution in [2.45, 2.75) is 104 Å². The minimum Gasteiger partial charge on any atom is -0.330 e. The van der Waals surface area contributed by atoms with Crippen molar-refractivity contribution in [3.63, 3.8) is 0 Å². The average molecular weight is 287 g/mol. The molecule has 0 atom stereocenters. The van der Waals surface area contributed by atoms with Crippen molar-refractivity contribution in [1.29, 1.82) is 0 Å². The van der Waals surface area contributed by atoms with Gasteiger partial charge in [-0.2, -0.15) is 0 Å². The Morgan fingerprint density at radius 3 is 0.950 bits per heavy atom. The zero-order valence-electron chi connectivity index (χ0n) is 14.5. The molecule has 0 bridgehead atoms. The molecular weight excluding hydrogens is 244 g/mol. The van der Waals surface area contributed by atoms with Crippen LogP contribution >= 0.6 is 0 Å². The molecule has 0 radical (unpaired) electrons. The molecule has 20 heavy (non-hydrogen) atoms. The van der Waals surface area contributed by atoms with E-state index in [0.29, 0.717) is 0 Å². The molecule has 2 heteroatoms. The number of unbranched alkanes of at least 4 members (excludes halogenated alkanes) is 12. The third-order valence-electron chi connectivity index (χ3n) is 3.62. The second-order valence-electron chi connectivity index (χ2n) is 5.82. The lowest BCUT2D eigenvalue weighted by atomic mass is 10.1. The molecule has 0 aliphatic heterocycles. The molecule has 2 nitrogen and oxygen atoms in total. The maximum absolute atomic E-state index is 5.42. The zero-order valence-corrected chi connectivity index (χ0v) is 14.5. The molecule has 0 amide bonds. The van der Waals surface area contributed by atoms with Crippen LogP contribution in [-0.2, 0) is 0 Å². The van der Waals surface area contributed by atoms with E-state index in [-0.39, 0.29) is 0 Å². The molecule has 0 saturated carbocycles. The van der Waals surface area contributed by atoms with E-state index < -0.39 is 0 Å². The van der Waals surface area contributed by atoms with Gasteiger partial charge < -0.3 is 11.5 Å². The monoisotopic (exact) mass is 286 g/mol. The molecule has 0 aliphatic carbocycles. The van der Waals surface area contributed by atoms with Crippen molar-refractivity contribution in [3.05, 3.63) is 0 Å². The van der Waals surface area contributed by atoms with Crippen molar-refractivity contribution in [2.24, 2.45) is 11.5 Å². The minimum atomic E-state index is 0.861. The summed E-state index contributed by atoms with van der Waals surface area (Å²) < 4.78 is 0. The van der Waals surface area contributed by atoms with Crippen LogP contribution in [0.2, 0.25) is 0 Å². The standard InChI is InChI=1S/C12H27N.C6H15N/c1-2-3-4-5-6-7-8-9-10-11-12-13;1-2-3-4-5-6-7/h2-13H2,1H3;2-7H2,1H3. The Labute approximate surface area is 129 Å². The second-order valence-corrected chi connectivity index (χ2v) is 5.82. The summed E-state index contributed by atoms with van der Waals surface area (Å²) in [5.41, 5.74) is 10.7. The minimum absolute atomic E-state index is 0.861. The van der Waals surface area contributed by atoms with E-state index in [1.807, 2.05) is 0 Å². The Balaban J connectivity index is 0. The van der Waals surface area contributed by atoms with Crippen LogP contribution in [0.1, 0.15) is 104 Å². The maximum Gasteiger partial charge on any atom is -0.00773 e. The smallest absolute Gasteiger partial charge is 0.00773 e. The summed E-state index contributed by atoms with van der Waals surface area (Å²) in [5, 5.41) is 0. The van der Waals surface area contributed by atoms with Gasteiger partial charge in [0, 0.05) is 0 Å². The van der Waals surface area contributed by atoms with E-state index in [9.17, 15) is 0 Å². The van der Waals surface area contributed by atoms with Crippen LogP contribution in [0.4, 0.5) is 0 Å². The quantitative estimate of drug-likeness (QED) is 0.420. The average Bonchev–Trinajstić information content (AvgIpc) is 2.47. The van der Waals surface area contributed by atoms with Gasteiger partial charge in [-0.25, -0.2) is 0 Å². The number of hydrogen-bond acceptors (Lipinski definition) is 2. The van der Waals surface area contributed by atoms with E-state index in [1.54, 1.807) is 0 Å². The van der Waals surface area contributed by atoms with Crippen molar-refractivity contribution < 1.29 is 0 Å². The van der Waals surface area contributed by atoms with Crippen molar-refractivity contribution in [2.75, 3.05) is 13.1 Å². The van der Waals surface area contributed by atoms with Crippen LogP contribution in [0, 0.1) is 0 Å². The van der Waals surface area contributed by atoms with Gasteiger partial charge in [0.25, 0.3) is 0 Å². The summed E-state index contributed by atoms with van der Waals surface area (Å²) >= 11 is 0. The van der Waals surface area contributed by atoms with Crippen LogP contribution < -0.4 is 11.5 Å². The summed E-state index contributed by atoms with van der Waals surface area (Å²) in [6, 6.07) is 0. The van der Waals surface area contributed by atoms with Gasteiger partial charge in [-0.3, -0.25) is 0 Å². The summed E-state index contributed by atoms with van der Waals surface area (Å²) in [5.74, 6) is 0. The van der Waals surface area contributed by atoms with E-state index >= 15 is 0 Å². The number of rotatable bonds is 14. The highest BCUT2D eigenvalue weighted by molar-refractivity contribution is 4.47. The van der Waals surface area contributed by atoms with E-state index in [1.165, 1.54) is 89.9 Å². The lowest BCUT2D eigenvalue weighted by Gasteiger charge is -2.00. The highest BCUT2D eigenvalue weighted by atomic mass is 14.5. The molecule has 124 valence electrons. The molecule has 0 spiro atoms. The second kappa shape index (κ2) is 24.0. The third-order valence-corrected chi connectivity index (χ3v) is 3.62. The molecule has 0 fully saturated rings. The van der Waals surface area contributed by atoms with Gasteiger partial charge >= 0.3 is 0 Å². The molecule has 0 aromatic rings. The van der Waals surface area contributed by atoms with Crippen molar-refractivity contribution in [1.82, 2.24) is 0 Å². The van der Waals surface area contributed by atoms with Gasteiger partial charge in [0.1, 0.15) is 0 Å². The van der Waals surface area contributed by atoms with E-state index in [2.05, 4.69) is 13.8 Å². The first-order valence-corrected chi connectivity index (χ1v) is 9.23. The molecule has 4 N–H and O–H groups in total. The summed E-state index contributed by atoms with van der Waals surface area (Å²) in [6.07, 6.45) is 19.1. The first-order valence-electron chi connectivity index (χ1n) is 9.23. The fraction of sp³-hybridized carbons (Fsp3) is 1.00. The molecule has 0 heterocycles. The summed E-state index contributed by atoms with van der Waals surface area (Å²) in [6.45, 7) is 6.21. The molecule has 0 aliphatic rings. The van der Waals surface area contributed by atoms with Gasteiger partial charge in [-0.05, 0) is 25.9 Å². The van der Waals surface area contributed by atoms with Gasteiger partial charge in [-0.1, -0.05) is 90.9 Å². The summed E-state index contributed by atoms with van der Waals surface area (Å²) in [4.78, 5) is 0. The van der Waals surface area contributed by atoms with E-state index in [0.717, 1.165) is 13.1 Å². The number of hydrogen-bond donors (Lipinski definition) is 2. The first-order chi connectivity index (χ1) is 9.83. The topological polar surface area (TPSA) is 52.0 Å². The Morgan fingerprint density at radius 1 is 0.400 bits per heavy atom. The van der Waals surface area contributed by atoms with Crippen LogP contribution in [0.15, 0.2) is 0 Å². The highest BCUT2D eigenvalue weighted by Gasteiger charge is 1.91. The van der Waals surface area contributed by atoms with Crippen LogP contribution in [0.5, 0.6) is 0 Å². The number of nitrogens with two attached hydrogens (primary N) is 2. The van der Waals surface area contributed by atoms with Gasteiger partial charge in [0.2, 0.25) is 0 Å². The van der Waals surface area contributed by atoms with Crippen LogP contribution in [-0.4, -0.2) is 13.1 Å². The van der Waals surface area contributed by atoms with Gasteiger partial charge in [0.05, 0.1) is 0 Å². The van der Waals surface area contributed by atoms with Gasteiger partial charge in [0.15, 0.2) is 0 Å². The molecule has 0 aromatic carbocycles. The molecule has 0 saturated heterocycles. The van der Waals surface area contributed by atoms with Gasteiger partial charge in [-0.15, -0.1) is 0 Å². The third kappa shape index (κ3) is 26.5. The highest BCUT2D eigenvalue weighted by Crippen LogP contribution is 2.09. The Hall–Kier alpha value is -0.0800.